The SMILES string of the molecule is S=P(c1ccccc1)(c1ccc2c(ccc3ccccc32)c1)c1cccc2nc3c4ccccc4c4ccccc4n3c12. The summed E-state index contributed by atoms with van der Waals surface area (Å²) in [7, 11) is 0. The summed E-state index contributed by atoms with van der Waals surface area (Å²) in [6, 6.07) is 51.9. The molecule has 1 unspecified atom stereocenters. The van der Waals surface area contributed by atoms with E-state index in [1.807, 2.05) is 0 Å². The summed E-state index contributed by atoms with van der Waals surface area (Å²) < 4.78 is 2.36. The van der Waals surface area contributed by atoms with Gasteiger partial charge in [0.1, 0.15) is 5.65 Å². The Morgan fingerprint density at radius 1 is 0.488 bits per heavy atom. The summed E-state index contributed by atoms with van der Waals surface area (Å²) >= 11 is 7.01. The molecule has 0 fully saturated rings. The van der Waals surface area contributed by atoms with Crippen LogP contribution >= 0.6 is 6.04 Å². The van der Waals surface area contributed by atoms with E-state index in [1.54, 1.807) is 0 Å². The predicted octanol–water partition coefficient (Wildman–Crippen LogP) is 8.86. The van der Waals surface area contributed by atoms with E-state index in [9.17, 15) is 0 Å². The zero-order chi connectivity index (χ0) is 28.5. The Bertz CT molecular complexity index is 2600. The summed E-state index contributed by atoms with van der Waals surface area (Å²) in [5, 5.41) is 12.1. The van der Waals surface area contributed by atoms with Crippen LogP contribution in [0, 0.1) is 0 Å². The van der Waals surface area contributed by atoms with Crippen molar-refractivity contribution in [2.45, 2.75) is 0 Å². The maximum atomic E-state index is 7.01. The van der Waals surface area contributed by atoms with E-state index in [0.29, 0.717) is 0 Å². The predicted molar refractivity (Wildman–Crippen MR) is 189 cm³/mol. The summed E-state index contributed by atoms with van der Waals surface area (Å²) in [4.78, 5) is 5.27. The number of hydrogen-bond acceptors (Lipinski definition) is 2. The van der Waals surface area contributed by atoms with E-state index in [1.165, 1.54) is 48.2 Å². The van der Waals surface area contributed by atoms with Crippen LogP contribution in [0.1, 0.15) is 0 Å². The van der Waals surface area contributed by atoms with Crippen LogP contribution in [0.15, 0.2) is 152 Å². The molecule has 1 atom stereocenters. The number of imidazole rings is 1. The van der Waals surface area contributed by atoms with Gasteiger partial charge in [-0.1, -0.05) is 145 Å². The first-order valence-corrected chi connectivity index (χ1v) is 17.3. The van der Waals surface area contributed by atoms with E-state index >= 15 is 0 Å². The summed E-state index contributed by atoms with van der Waals surface area (Å²) in [6.45, 7) is 0. The van der Waals surface area contributed by atoms with Crippen LogP contribution in [0.3, 0.4) is 0 Å². The van der Waals surface area contributed by atoms with Gasteiger partial charge in [-0.2, -0.15) is 0 Å². The highest BCUT2D eigenvalue weighted by molar-refractivity contribution is 8.25. The lowest BCUT2D eigenvalue weighted by Gasteiger charge is -2.25. The van der Waals surface area contributed by atoms with Crippen LogP contribution in [-0.2, 0) is 11.8 Å². The van der Waals surface area contributed by atoms with Gasteiger partial charge in [0.25, 0.3) is 0 Å². The van der Waals surface area contributed by atoms with Crippen molar-refractivity contribution in [2.24, 2.45) is 0 Å². The molecule has 9 aromatic rings. The van der Waals surface area contributed by atoms with Crippen LogP contribution in [0.2, 0.25) is 0 Å². The molecule has 4 heteroatoms. The molecule has 202 valence electrons. The molecule has 0 aliphatic heterocycles. The Balaban J connectivity index is 1.43. The fourth-order valence-electron chi connectivity index (χ4n) is 6.85. The van der Waals surface area contributed by atoms with Crippen molar-refractivity contribution in [3.63, 3.8) is 0 Å². The third kappa shape index (κ3) is 3.53. The molecule has 2 heterocycles. The lowest BCUT2D eigenvalue weighted by Crippen LogP contribution is -2.26. The topological polar surface area (TPSA) is 17.3 Å². The Morgan fingerprint density at radius 2 is 1.16 bits per heavy atom. The minimum Gasteiger partial charge on any atom is -0.291 e. The van der Waals surface area contributed by atoms with Crippen molar-refractivity contribution in [1.82, 2.24) is 9.38 Å². The normalized spacial score (nSPS) is 13.4. The molecular weight excluding hydrogens is 559 g/mol. The number of hydrogen-bond donors (Lipinski definition) is 0. The van der Waals surface area contributed by atoms with Crippen molar-refractivity contribution in [3.8, 4) is 0 Å². The average molecular weight is 585 g/mol. The highest BCUT2D eigenvalue weighted by Gasteiger charge is 2.29. The van der Waals surface area contributed by atoms with E-state index in [2.05, 4.69) is 156 Å². The number of benzene rings is 7. The minimum absolute atomic E-state index is 0.968. The zero-order valence-electron chi connectivity index (χ0n) is 23.2. The molecule has 2 nitrogen and oxygen atoms in total. The first-order chi connectivity index (χ1) is 21.2. The van der Waals surface area contributed by atoms with Crippen LogP contribution in [0.5, 0.6) is 0 Å². The van der Waals surface area contributed by atoms with Crippen molar-refractivity contribution < 1.29 is 0 Å². The minimum atomic E-state index is -2.52. The highest BCUT2D eigenvalue weighted by Crippen LogP contribution is 2.46. The van der Waals surface area contributed by atoms with Crippen LogP contribution < -0.4 is 15.9 Å². The van der Waals surface area contributed by atoms with E-state index in [4.69, 9.17) is 16.8 Å². The number of rotatable bonds is 3. The molecular formula is C39H25N2PS. The molecule has 2 aromatic heterocycles. The van der Waals surface area contributed by atoms with E-state index in [0.717, 1.165) is 27.6 Å². The van der Waals surface area contributed by atoms with E-state index in [-0.39, 0.29) is 0 Å². The van der Waals surface area contributed by atoms with Crippen LogP contribution in [0.4, 0.5) is 0 Å². The molecule has 0 aliphatic rings. The Morgan fingerprint density at radius 3 is 2.02 bits per heavy atom. The first kappa shape index (κ1) is 24.7. The third-order valence-corrected chi connectivity index (χ3v) is 13.7. The molecule has 0 aliphatic carbocycles. The third-order valence-electron chi connectivity index (χ3n) is 8.81. The quantitative estimate of drug-likeness (QED) is 0.152. The fourth-order valence-corrected chi connectivity index (χ4v) is 10.9. The fraction of sp³-hybridized carbons (Fsp3) is 0. The van der Waals surface area contributed by atoms with Gasteiger partial charge in [-0.15, -0.1) is 0 Å². The first-order valence-electron chi connectivity index (χ1n) is 14.5. The molecule has 0 bridgehead atoms. The van der Waals surface area contributed by atoms with Crippen molar-refractivity contribution in [1.29, 1.82) is 0 Å². The Labute approximate surface area is 253 Å². The zero-order valence-corrected chi connectivity index (χ0v) is 24.9. The second-order valence-electron chi connectivity index (χ2n) is 11.1. The molecule has 0 spiro atoms. The molecule has 0 radical (unpaired) electrons. The lowest BCUT2D eigenvalue weighted by molar-refractivity contribution is 1.32. The number of aromatic nitrogens is 2. The highest BCUT2D eigenvalue weighted by atomic mass is 32.4. The number of para-hydroxylation sites is 2. The molecule has 0 saturated carbocycles. The standard InChI is InChI=1S/C39H25N2PS/c43-42(28-12-2-1-3-13-28,29-23-24-31-27(25-29)22-21-26-11-4-5-14-30(26)31)37-20-10-18-35-38(37)41-36-19-9-8-16-33(36)32-15-6-7-17-34(32)39(41)40-35/h1-25H. The van der Waals surface area contributed by atoms with Gasteiger partial charge in [0.15, 0.2) is 0 Å². The maximum Gasteiger partial charge on any atom is 0.146 e. The van der Waals surface area contributed by atoms with Gasteiger partial charge in [0, 0.05) is 22.1 Å². The molecule has 0 N–H and O–H groups in total. The van der Waals surface area contributed by atoms with Crippen molar-refractivity contribution in [2.75, 3.05) is 0 Å². The van der Waals surface area contributed by atoms with Gasteiger partial charge in [-0.3, -0.25) is 4.40 Å². The van der Waals surface area contributed by atoms with Gasteiger partial charge in [-0.05, 0) is 55.7 Å². The smallest absolute Gasteiger partial charge is 0.146 e. The molecule has 0 saturated heterocycles. The number of fused-ring (bicyclic) bond motifs is 11. The Hall–Kier alpha value is -4.82. The van der Waals surface area contributed by atoms with E-state index < -0.39 is 6.04 Å². The summed E-state index contributed by atoms with van der Waals surface area (Å²) in [5.41, 5.74) is 4.18. The molecule has 43 heavy (non-hydrogen) atoms. The van der Waals surface area contributed by atoms with Gasteiger partial charge >= 0.3 is 0 Å². The maximum absolute atomic E-state index is 7.01. The number of nitrogens with zero attached hydrogens (tertiary/aromatic N) is 2. The largest absolute Gasteiger partial charge is 0.291 e. The monoisotopic (exact) mass is 584 g/mol. The molecule has 9 rings (SSSR count). The van der Waals surface area contributed by atoms with Gasteiger partial charge < -0.3 is 0 Å². The lowest BCUT2D eigenvalue weighted by atomic mass is 10.0. The molecule has 0 amide bonds. The van der Waals surface area contributed by atoms with Crippen molar-refractivity contribution in [3.05, 3.63) is 152 Å². The van der Waals surface area contributed by atoms with Crippen LogP contribution in [-0.4, -0.2) is 9.38 Å². The van der Waals surface area contributed by atoms with Crippen LogP contribution in [0.25, 0.3) is 59.9 Å². The average Bonchev–Trinajstić information content (AvgIpc) is 3.48. The summed E-state index contributed by atoms with van der Waals surface area (Å²) in [6.07, 6.45) is 0. The summed E-state index contributed by atoms with van der Waals surface area (Å²) in [5.74, 6) is 0. The number of pyridine rings is 1. The molecule has 7 aromatic carbocycles. The van der Waals surface area contributed by atoms with Gasteiger partial charge in [0.2, 0.25) is 0 Å². The second kappa shape index (κ2) is 9.34. The van der Waals surface area contributed by atoms with Gasteiger partial charge in [0.05, 0.1) is 16.6 Å². The Kier molecular flexibility index (Phi) is 5.38. The van der Waals surface area contributed by atoms with Gasteiger partial charge in [-0.25, -0.2) is 4.98 Å². The second-order valence-corrected chi connectivity index (χ2v) is 15.5. The van der Waals surface area contributed by atoms with Crippen molar-refractivity contribution >= 4 is 93.7 Å².